The molecule has 1 saturated carbocycles. The van der Waals surface area contributed by atoms with Gasteiger partial charge in [-0.1, -0.05) is 19.3 Å². The van der Waals surface area contributed by atoms with Crippen LogP contribution in [0.3, 0.4) is 0 Å². The molecule has 1 amide bonds. The highest BCUT2D eigenvalue weighted by atomic mass is 127. The minimum absolute atomic E-state index is 0.124. The Morgan fingerprint density at radius 2 is 1.97 bits per heavy atom. The minimum atomic E-state index is -0.860. The number of ether oxygens (including phenoxy) is 2. The molecule has 3 rings (SSSR count). The third-order valence-electron chi connectivity index (χ3n) is 6.36. The molecule has 0 heterocycles. The molecule has 9 heteroatoms. The number of amides is 1. The fourth-order valence-electron chi connectivity index (χ4n) is 4.52. The van der Waals surface area contributed by atoms with Gasteiger partial charge in [0.05, 0.1) is 23.9 Å². The van der Waals surface area contributed by atoms with E-state index in [0.717, 1.165) is 10.1 Å². The van der Waals surface area contributed by atoms with E-state index in [9.17, 15) is 15.0 Å². The second kappa shape index (κ2) is 12.9. The minimum Gasteiger partial charge on any atom is -0.493 e. The highest BCUT2D eigenvalue weighted by Crippen LogP contribution is 2.36. The molecule has 8 nitrogen and oxygen atoms in total. The molecule has 2 aliphatic carbocycles. The van der Waals surface area contributed by atoms with Gasteiger partial charge in [0, 0.05) is 18.2 Å². The quantitative estimate of drug-likeness (QED) is 0.271. The van der Waals surface area contributed by atoms with Gasteiger partial charge in [0.1, 0.15) is 12.2 Å². The largest absolute Gasteiger partial charge is 0.493 e. The van der Waals surface area contributed by atoms with E-state index in [1.54, 1.807) is 18.2 Å². The van der Waals surface area contributed by atoms with Crippen LogP contribution in [0.5, 0.6) is 11.5 Å². The molecule has 184 valence electrons. The maximum atomic E-state index is 12.7. The van der Waals surface area contributed by atoms with E-state index in [1.165, 1.54) is 39.2 Å². The third kappa shape index (κ3) is 7.05. The molecule has 2 aliphatic rings. The predicted molar refractivity (Wildman–Crippen MR) is 133 cm³/mol. The van der Waals surface area contributed by atoms with Gasteiger partial charge in [-0.15, -0.1) is 0 Å². The molecular formula is C24H35IN2O6. The number of hydrogen-bond donors (Lipinski definition) is 5. The average Bonchev–Trinajstić information content (AvgIpc) is 2.84. The fourth-order valence-corrected chi connectivity index (χ4v) is 5.32. The van der Waals surface area contributed by atoms with Crippen molar-refractivity contribution in [1.82, 2.24) is 10.6 Å². The molecule has 1 aromatic carbocycles. The van der Waals surface area contributed by atoms with E-state index < -0.39 is 12.2 Å². The number of nitrogens with one attached hydrogen (secondary N) is 2. The zero-order valence-corrected chi connectivity index (χ0v) is 21.2. The lowest BCUT2D eigenvalue weighted by molar-refractivity contribution is -0.118. The average molecular weight is 574 g/mol. The van der Waals surface area contributed by atoms with Crippen molar-refractivity contribution >= 4 is 28.5 Å². The van der Waals surface area contributed by atoms with Gasteiger partial charge in [-0.2, -0.15) is 0 Å². The molecule has 5 N–H and O–H groups in total. The Labute approximate surface area is 208 Å². The Morgan fingerprint density at radius 1 is 1.21 bits per heavy atom. The molecule has 0 aromatic heterocycles. The number of halogens is 1. The zero-order valence-electron chi connectivity index (χ0n) is 19.1. The lowest BCUT2D eigenvalue weighted by Gasteiger charge is -2.36. The van der Waals surface area contributed by atoms with Crippen LogP contribution in [0.4, 0.5) is 0 Å². The van der Waals surface area contributed by atoms with Crippen LogP contribution >= 0.6 is 22.6 Å². The molecule has 0 saturated heterocycles. The number of carbonyl (C=O) groups is 1. The number of aliphatic hydroxyl groups excluding tert-OH is 3. The Balaban J connectivity index is 1.81. The number of hydrogen-bond acceptors (Lipinski definition) is 7. The van der Waals surface area contributed by atoms with Gasteiger partial charge in [-0.25, -0.2) is 0 Å². The van der Waals surface area contributed by atoms with Crippen LogP contribution < -0.4 is 20.1 Å². The molecule has 0 aliphatic heterocycles. The predicted octanol–water partition coefficient (Wildman–Crippen LogP) is 1.88. The first kappa shape index (κ1) is 26.2. The highest BCUT2D eigenvalue weighted by molar-refractivity contribution is 14.1. The zero-order chi connectivity index (χ0) is 23.8. The van der Waals surface area contributed by atoms with Gasteiger partial charge in [-0.3, -0.25) is 4.79 Å². The molecule has 1 fully saturated rings. The monoisotopic (exact) mass is 574 g/mol. The van der Waals surface area contributed by atoms with Gasteiger partial charge in [0.2, 0.25) is 5.91 Å². The Bertz CT molecular complexity index is 827. The second-order valence-electron chi connectivity index (χ2n) is 8.73. The van der Waals surface area contributed by atoms with Crippen molar-refractivity contribution in [2.45, 2.75) is 63.4 Å². The number of rotatable bonds is 10. The molecule has 0 spiro atoms. The summed E-state index contributed by atoms with van der Waals surface area (Å²) in [6.07, 6.45) is 6.54. The van der Waals surface area contributed by atoms with Crippen LogP contribution in [0.15, 0.2) is 23.8 Å². The van der Waals surface area contributed by atoms with Gasteiger partial charge in [-0.05, 0) is 78.1 Å². The molecule has 0 bridgehead atoms. The topological polar surface area (TPSA) is 120 Å². The normalized spacial score (nSPS) is 23.7. The Morgan fingerprint density at radius 3 is 2.64 bits per heavy atom. The van der Waals surface area contributed by atoms with E-state index >= 15 is 0 Å². The van der Waals surface area contributed by atoms with Gasteiger partial charge >= 0.3 is 0 Å². The van der Waals surface area contributed by atoms with Crippen LogP contribution in [0.25, 0.3) is 0 Å². The van der Waals surface area contributed by atoms with Crippen molar-refractivity contribution in [2.24, 2.45) is 5.92 Å². The van der Waals surface area contributed by atoms with Crippen LogP contribution in [0.1, 0.15) is 44.1 Å². The first-order valence-electron chi connectivity index (χ1n) is 11.6. The summed E-state index contributed by atoms with van der Waals surface area (Å²) in [6.45, 7) is 0.698. The van der Waals surface area contributed by atoms with Crippen LogP contribution in [-0.2, 0) is 11.4 Å². The van der Waals surface area contributed by atoms with Crippen molar-refractivity contribution in [3.63, 3.8) is 0 Å². The summed E-state index contributed by atoms with van der Waals surface area (Å²) in [5, 5.41) is 35.9. The van der Waals surface area contributed by atoms with Gasteiger partial charge in [0.25, 0.3) is 0 Å². The number of benzene rings is 1. The maximum Gasteiger partial charge on any atom is 0.247 e. The molecular weight excluding hydrogens is 539 g/mol. The highest BCUT2D eigenvalue weighted by Gasteiger charge is 2.36. The lowest BCUT2D eigenvalue weighted by atomic mass is 9.86. The Kier molecular flexibility index (Phi) is 10.2. The van der Waals surface area contributed by atoms with Crippen molar-refractivity contribution in [3.05, 3.63) is 32.9 Å². The lowest BCUT2D eigenvalue weighted by Crippen LogP contribution is -2.52. The first-order valence-corrected chi connectivity index (χ1v) is 12.7. The molecule has 1 aromatic rings. The molecule has 33 heavy (non-hydrogen) atoms. The summed E-state index contributed by atoms with van der Waals surface area (Å²) < 4.78 is 12.4. The SMILES string of the molecule is COc1cc(CO)cc(I)c1O[C@H]1C=C(C(=O)NCCO)C[C@@H](NCC2CCCCC2)[C@@H]1O. The maximum absolute atomic E-state index is 12.7. The summed E-state index contributed by atoms with van der Waals surface area (Å²) in [5.74, 6) is 1.22. The van der Waals surface area contributed by atoms with Crippen molar-refractivity contribution in [3.8, 4) is 11.5 Å². The van der Waals surface area contributed by atoms with Crippen molar-refractivity contribution in [2.75, 3.05) is 26.8 Å². The summed E-state index contributed by atoms with van der Waals surface area (Å²) in [7, 11) is 1.52. The number of carbonyl (C=O) groups excluding carboxylic acids is 1. The van der Waals surface area contributed by atoms with Crippen molar-refractivity contribution in [1.29, 1.82) is 0 Å². The number of aliphatic hydroxyl groups is 3. The smallest absolute Gasteiger partial charge is 0.247 e. The van der Waals surface area contributed by atoms with Crippen LogP contribution in [0.2, 0.25) is 0 Å². The van der Waals surface area contributed by atoms with E-state index in [-0.39, 0.29) is 31.7 Å². The van der Waals surface area contributed by atoms with Gasteiger partial charge in [0.15, 0.2) is 11.5 Å². The van der Waals surface area contributed by atoms with E-state index in [2.05, 4.69) is 33.2 Å². The standard InChI is InChI=1S/C24H35IN2O6/c1-32-21-10-16(14-29)9-18(25)23(21)33-20-12-17(24(31)26-7-8-28)11-19(22(20)30)27-13-15-5-3-2-4-6-15/h9-10,12,15,19-20,22,27-30H,2-8,11,13-14H2,1H3,(H,26,31)/t19-,20+,22+/m1/s1. The number of methoxy groups -OCH3 is 1. The summed E-state index contributed by atoms with van der Waals surface area (Å²) >= 11 is 2.11. The van der Waals surface area contributed by atoms with E-state index in [1.807, 2.05) is 0 Å². The first-order chi connectivity index (χ1) is 16.0. The van der Waals surface area contributed by atoms with Crippen LogP contribution in [-0.4, -0.2) is 66.3 Å². The van der Waals surface area contributed by atoms with E-state index in [4.69, 9.17) is 14.6 Å². The summed E-state index contributed by atoms with van der Waals surface area (Å²) in [5.41, 5.74) is 1.21. The fraction of sp³-hybridized carbons (Fsp3) is 0.625. The van der Waals surface area contributed by atoms with Gasteiger partial charge < -0.3 is 35.4 Å². The van der Waals surface area contributed by atoms with Crippen molar-refractivity contribution < 1.29 is 29.6 Å². The third-order valence-corrected chi connectivity index (χ3v) is 7.16. The molecule has 0 unspecified atom stereocenters. The second-order valence-corrected chi connectivity index (χ2v) is 9.90. The Hall–Kier alpha value is -1.40. The summed E-state index contributed by atoms with van der Waals surface area (Å²) in [4.78, 5) is 12.7. The molecule has 3 atom stereocenters. The summed E-state index contributed by atoms with van der Waals surface area (Å²) in [6, 6.07) is 3.16. The molecule has 0 radical (unpaired) electrons. The van der Waals surface area contributed by atoms with Crippen LogP contribution in [0, 0.1) is 9.49 Å². The van der Waals surface area contributed by atoms with E-state index in [0.29, 0.717) is 35.0 Å².